The Hall–Kier alpha value is -2.78. The Morgan fingerprint density at radius 2 is 2.11 bits per heavy atom. The van der Waals surface area contributed by atoms with Crippen LogP contribution < -0.4 is 15.4 Å². The van der Waals surface area contributed by atoms with E-state index in [-0.39, 0.29) is 23.9 Å². The van der Waals surface area contributed by atoms with Crippen LogP contribution in [0.4, 0.5) is 10.2 Å². The number of nitrogens with zero attached hydrogens (tertiary/aromatic N) is 4. The Bertz CT molecular complexity index is 1010. The van der Waals surface area contributed by atoms with Crippen LogP contribution in [0.25, 0.3) is 22.3 Å². The standard InChI is InChI=1S/C19H23FN6O2/c1-9(2)28-16-4-11-13(5-12(16)20)24-25-19(11)14-6-17(23-8-22-14)26-7-15(27)18(21)10(26)3/h4-6,8-10,15,18,27H,7,21H2,1-3H3,(H,24,25)/t10-,15-,18-/m0/s1. The van der Waals surface area contributed by atoms with E-state index >= 15 is 0 Å². The van der Waals surface area contributed by atoms with Gasteiger partial charge in [0.25, 0.3) is 0 Å². The zero-order chi connectivity index (χ0) is 20.0. The number of aromatic nitrogens is 4. The highest BCUT2D eigenvalue weighted by Gasteiger charge is 2.36. The maximum absolute atomic E-state index is 14.2. The molecule has 9 heteroatoms. The average molecular weight is 386 g/mol. The number of aliphatic hydroxyl groups excluding tert-OH is 1. The number of nitrogens with one attached hydrogen (secondary N) is 1. The smallest absolute Gasteiger partial charge is 0.167 e. The van der Waals surface area contributed by atoms with E-state index in [0.717, 1.165) is 0 Å². The number of fused-ring (bicyclic) bond motifs is 1. The van der Waals surface area contributed by atoms with Gasteiger partial charge in [-0.25, -0.2) is 14.4 Å². The Labute approximate surface area is 161 Å². The second-order valence-corrected chi connectivity index (χ2v) is 7.37. The molecule has 1 saturated heterocycles. The first-order valence-electron chi connectivity index (χ1n) is 9.22. The largest absolute Gasteiger partial charge is 0.488 e. The summed E-state index contributed by atoms with van der Waals surface area (Å²) in [6, 6.07) is 4.38. The fourth-order valence-corrected chi connectivity index (χ4v) is 3.51. The van der Waals surface area contributed by atoms with Crippen molar-refractivity contribution in [2.45, 2.75) is 45.1 Å². The van der Waals surface area contributed by atoms with Gasteiger partial charge in [-0.1, -0.05) is 0 Å². The van der Waals surface area contributed by atoms with Gasteiger partial charge in [-0.2, -0.15) is 5.10 Å². The number of H-pyrrole nitrogens is 1. The quantitative estimate of drug-likeness (QED) is 0.627. The van der Waals surface area contributed by atoms with Crippen molar-refractivity contribution in [2.24, 2.45) is 5.73 Å². The molecule has 3 atom stereocenters. The minimum absolute atomic E-state index is 0.0613. The summed E-state index contributed by atoms with van der Waals surface area (Å²) in [5.74, 6) is 0.372. The molecule has 148 valence electrons. The van der Waals surface area contributed by atoms with Crippen molar-refractivity contribution in [1.82, 2.24) is 20.2 Å². The molecule has 3 heterocycles. The molecule has 1 fully saturated rings. The number of aromatic amines is 1. The van der Waals surface area contributed by atoms with Crippen LogP contribution in [0.15, 0.2) is 24.5 Å². The molecular formula is C19H23FN6O2. The molecule has 2 aromatic heterocycles. The Morgan fingerprint density at radius 1 is 1.32 bits per heavy atom. The molecule has 0 radical (unpaired) electrons. The lowest BCUT2D eigenvalue weighted by Crippen LogP contribution is -2.40. The summed E-state index contributed by atoms with van der Waals surface area (Å²) in [7, 11) is 0. The van der Waals surface area contributed by atoms with Gasteiger partial charge in [0.1, 0.15) is 17.8 Å². The summed E-state index contributed by atoms with van der Waals surface area (Å²) >= 11 is 0. The summed E-state index contributed by atoms with van der Waals surface area (Å²) < 4.78 is 19.8. The molecule has 0 aliphatic carbocycles. The number of anilines is 1. The molecule has 1 aromatic carbocycles. The van der Waals surface area contributed by atoms with Gasteiger partial charge in [-0.15, -0.1) is 0 Å². The molecule has 0 unspecified atom stereocenters. The number of ether oxygens (including phenoxy) is 1. The molecule has 1 aliphatic heterocycles. The zero-order valence-electron chi connectivity index (χ0n) is 15.9. The van der Waals surface area contributed by atoms with E-state index in [0.29, 0.717) is 34.7 Å². The van der Waals surface area contributed by atoms with Crippen molar-refractivity contribution in [2.75, 3.05) is 11.4 Å². The number of benzene rings is 1. The number of aliphatic hydroxyl groups is 1. The SMILES string of the molecule is CC(C)Oc1cc2c(-c3cc(N4C[C@H](O)[C@@H](N)[C@@H]4C)ncn3)n[nH]c2cc1F. The van der Waals surface area contributed by atoms with Crippen molar-refractivity contribution >= 4 is 16.7 Å². The van der Waals surface area contributed by atoms with Crippen LogP contribution in [0.3, 0.4) is 0 Å². The Balaban J connectivity index is 1.74. The highest BCUT2D eigenvalue weighted by molar-refractivity contribution is 5.93. The highest BCUT2D eigenvalue weighted by atomic mass is 19.1. The van der Waals surface area contributed by atoms with Crippen LogP contribution >= 0.6 is 0 Å². The van der Waals surface area contributed by atoms with Crippen LogP contribution in [0, 0.1) is 5.82 Å². The Morgan fingerprint density at radius 3 is 2.79 bits per heavy atom. The van der Waals surface area contributed by atoms with Crippen LogP contribution in [0.1, 0.15) is 20.8 Å². The molecule has 4 rings (SSSR count). The maximum Gasteiger partial charge on any atom is 0.167 e. The minimum Gasteiger partial charge on any atom is -0.488 e. The monoisotopic (exact) mass is 386 g/mol. The maximum atomic E-state index is 14.2. The second kappa shape index (κ2) is 6.99. The van der Waals surface area contributed by atoms with E-state index in [1.54, 1.807) is 12.1 Å². The third kappa shape index (κ3) is 3.16. The molecule has 0 spiro atoms. The van der Waals surface area contributed by atoms with Gasteiger partial charge in [0, 0.05) is 30.1 Å². The molecule has 0 amide bonds. The molecule has 0 saturated carbocycles. The summed E-state index contributed by atoms with van der Waals surface area (Å²) in [6.07, 6.45) is 0.682. The van der Waals surface area contributed by atoms with Crippen molar-refractivity contribution in [3.8, 4) is 17.1 Å². The van der Waals surface area contributed by atoms with Gasteiger partial charge < -0.3 is 20.5 Å². The van der Waals surface area contributed by atoms with Crippen molar-refractivity contribution < 1.29 is 14.2 Å². The van der Waals surface area contributed by atoms with Crippen molar-refractivity contribution in [1.29, 1.82) is 0 Å². The lowest BCUT2D eigenvalue weighted by molar-refractivity contribution is 0.175. The normalized spacial score (nSPS) is 22.4. The zero-order valence-corrected chi connectivity index (χ0v) is 15.9. The van der Waals surface area contributed by atoms with E-state index in [4.69, 9.17) is 10.5 Å². The van der Waals surface area contributed by atoms with E-state index in [1.807, 2.05) is 25.7 Å². The molecule has 28 heavy (non-hydrogen) atoms. The van der Waals surface area contributed by atoms with Gasteiger partial charge in [0.2, 0.25) is 0 Å². The van der Waals surface area contributed by atoms with Crippen molar-refractivity contribution in [3.63, 3.8) is 0 Å². The molecule has 8 nitrogen and oxygen atoms in total. The molecule has 3 aromatic rings. The topological polar surface area (TPSA) is 113 Å². The number of halogens is 1. The first kappa shape index (κ1) is 18.6. The molecule has 0 bridgehead atoms. The third-order valence-electron chi connectivity index (χ3n) is 5.04. The van der Waals surface area contributed by atoms with Gasteiger partial charge in [-0.05, 0) is 26.8 Å². The van der Waals surface area contributed by atoms with E-state index in [2.05, 4.69) is 20.2 Å². The predicted molar refractivity (Wildman–Crippen MR) is 104 cm³/mol. The van der Waals surface area contributed by atoms with Crippen LogP contribution in [0.5, 0.6) is 5.75 Å². The summed E-state index contributed by atoms with van der Waals surface area (Å²) in [5, 5.41) is 17.9. The van der Waals surface area contributed by atoms with Crippen LogP contribution in [-0.4, -0.2) is 56.1 Å². The van der Waals surface area contributed by atoms with Gasteiger partial charge >= 0.3 is 0 Å². The van der Waals surface area contributed by atoms with Crippen molar-refractivity contribution in [3.05, 3.63) is 30.3 Å². The number of hydrogen-bond acceptors (Lipinski definition) is 7. The van der Waals surface area contributed by atoms with Gasteiger partial charge in [0.15, 0.2) is 11.6 Å². The summed E-state index contributed by atoms with van der Waals surface area (Å²) in [5.41, 5.74) is 7.73. The fourth-order valence-electron chi connectivity index (χ4n) is 3.51. The van der Waals surface area contributed by atoms with E-state index in [1.165, 1.54) is 12.4 Å². The first-order chi connectivity index (χ1) is 13.3. The van der Waals surface area contributed by atoms with Gasteiger partial charge in [0.05, 0.1) is 29.5 Å². The highest BCUT2D eigenvalue weighted by Crippen LogP contribution is 2.32. The first-order valence-corrected chi connectivity index (χ1v) is 9.22. The lowest BCUT2D eigenvalue weighted by Gasteiger charge is -2.23. The predicted octanol–water partition coefficient (Wildman–Crippen LogP) is 1.84. The molecular weight excluding hydrogens is 363 g/mol. The average Bonchev–Trinajstić information content (AvgIpc) is 3.17. The summed E-state index contributed by atoms with van der Waals surface area (Å²) in [4.78, 5) is 10.6. The van der Waals surface area contributed by atoms with Crippen LogP contribution in [0.2, 0.25) is 0 Å². The number of nitrogens with two attached hydrogens (primary N) is 1. The van der Waals surface area contributed by atoms with E-state index in [9.17, 15) is 9.50 Å². The number of β-amino-alcohol motifs (C(OH)–C–C–N with tert-alkyl or cyclic N) is 1. The summed E-state index contributed by atoms with van der Waals surface area (Å²) in [6.45, 7) is 6.03. The Kier molecular flexibility index (Phi) is 4.64. The second-order valence-electron chi connectivity index (χ2n) is 7.37. The van der Waals surface area contributed by atoms with Crippen LogP contribution in [-0.2, 0) is 0 Å². The molecule has 1 aliphatic rings. The fraction of sp³-hybridized carbons (Fsp3) is 0.421. The van der Waals surface area contributed by atoms with E-state index < -0.39 is 11.9 Å². The molecule has 4 N–H and O–H groups in total. The third-order valence-corrected chi connectivity index (χ3v) is 5.04. The minimum atomic E-state index is -0.613. The van der Waals surface area contributed by atoms with Gasteiger partial charge in [-0.3, -0.25) is 5.10 Å². The number of hydrogen-bond donors (Lipinski definition) is 3. The lowest BCUT2D eigenvalue weighted by atomic mass is 10.1. The number of rotatable bonds is 4.